The molecule has 0 amide bonds. The Balaban J connectivity index is 1.91. The zero-order chi connectivity index (χ0) is 13.7. The van der Waals surface area contributed by atoms with Gasteiger partial charge in [-0.05, 0) is 58.7 Å². The first-order valence-electron chi connectivity index (χ1n) is 7.55. The highest BCUT2D eigenvalue weighted by Crippen LogP contribution is 2.20. The smallest absolute Gasteiger partial charge is 0.107 e. The van der Waals surface area contributed by atoms with E-state index in [4.69, 9.17) is 0 Å². The van der Waals surface area contributed by atoms with E-state index < -0.39 is 0 Å². The number of piperidine rings is 1. The molecule has 0 atom stereocenters. The lowest BCUT2D eigenvalue weighted by atomic mass is 9.97. The molecule has 4 heteroatoms. The first-order valence-corrected chi connectivity index (χ1v) is 8.36. The van der Waals surface area contributed by atoms with Crippen molar-refractivity contribution in [3.05, 3.63) is 15.6 Å². The van der Waals surface area contributed by atoms with Gasteiger partial charge >= 0.3 is 0 Å². The Morgan fingerprint density at radius 3 is 2.63 bits per heavy atom. The molecule has 0 aliphatic carbocycles. The number of aromatic nitrogens is 1. The first-order chi connectivity index (χ1) is 9.19. The number of hydrogen-bond donors (Lipinski definition) is 1. The maximum Gasteiger partial charge on any atom is 0.107 e. The van der Waals surface area contributed by atoms with Gasteiger partial charge in [-0.1, -0.05) is 6.92 Å². The summed E-state index contributed by atoms with van der Waals surface area (Å²) in [7, 11) is 0. The van der Waals surface area contributed by atoms with E-state index in [1.165, 1.54) is 61.0 Å². The van der Waals surface area contributed by atoms with Crippen LogP contribution in [0.1, 0.15) is 41.8 Å². The van der Waals surface area contributed by atoms with Gasteiger partial charge in [0.2, 0.25) is 0 Å². The first kappa shape index (κ1) is 14.9. The van der Waals surface area contributed by atoms with Gasteiger partial charge in [0.25, 0.3) is 0 Å². The molecule has 2 heterocycles. The van der Waals surface area contributed by atoms with Gasteiger partial charge in [0.15, 0.2) is 0 Å². The molecule has 2 rings (SSSR count). The lowest BCUT2D eigenvalue weighted by Gasteiger charge is -2.29. The summed E-state index contributed by atoms with van der Waals surface area (Å²) >= 11 is 1.87. The molecule has 1 aromatic heterocycles. The van der Waals surface area contributed by atoms with E-state index in [2.05, 4.69) is 36.0 Å². The van der Waals surface area contributed by atoms with Crippen LogP contribution in [-0.2, 0) is 6.54 Å². The molecule has 1 saturated heterocycles. The van der Waals surface area contributed by atoms with Crippen molar-refractivity contribution in [1.82, 2.24) is 15.2 Å². The van der Waals surface area contributed by atoms with Crippen molar-refractivity contribution in [2.24, 2.45) is 5.92 Å². The predicted molar refractivity (Wildman–Crippen MR) is 82.7 cm³/mol. The molecule has 0 radical (unpaired) electrons. The highest BCUT2D eigenvalue weighted by molar-refractivity contribution is 7.11. The Labute approximate surface area is 121 Å². The summed E-state index contributed by atoms with van der Waals surface area (Å²) in [6, 6.07) is 0. The normalized spacial score (nSPS) is 17.3. The van der Waals surface area contributed by atoms with Crippen LogP contribution in [0.25, 0.3) is 0 Å². The molecule has 0 spiro atoms. The second-order valence-electron chi connectivity index (χ2n) is 5.68. The molecule has 0 bridgehead atoms. The fourth-order valence-corrected chi connectivity index (χ4v) is 3.76. The number of hydrogen-bond acceptors (Lipinski definition) is 4. The largest absolute Gasteiger partial charge is 0.317 e. The van der Waals surface area contributed by atoms with E-state index in [1.54, 1.807) is 0 Å². The Morgan fingerprint density at radius 1 is 1.32 bits per heavy atom. The van der Waals surface area contributed by atoms with Crippen molar-refractivity contribution in [2.75, 3.05) is 26.2 Å². The molecule has 0 unspecified atom stereocenters. The van der Waals surface area contributed by atoms with Crippen molar-refractivity contribution >= 4 is 11.3 Å². The third-order valence-electron chi connectivity index (χ3n) is 3.95. The fourth-order valence-electron chi connectivity index (χ4n) is 2.78. The molecule has 0 aromatic carbocycles. The molecule has 1 aliphatic heterocycles. The summed E-state index contributed by atoms with van der Waals surface area (Å²) in [6.07, 6.45) is 3.89. The Kier molecular flexibility index (Phi) is 5.79. The van der Waals surface area contributed by atoms with E-state index in [9.17, 15) is 0 Å². The maximum atomic E-state index is 4.69. The molecule has 19 heavy (non-hydrogen) atoms. The van der Waals surface area contributed by atoms with Crippen LogP contribution in [0.4, 0.5) is 0 Å². The molecule has 1 aliphatic rings. The summed E-state index contributed by atoms with van der Waals surface area (Å²) in [5.41, 5.74) is 1.21. The lowest BCUT2D eigenvalue weighted by Crippen LogP contribution is -2.36. The summed E-state index contributed by atoms with van der Waals surface area (Å²) in [4.78, 5) is 8.66. The SMILES string of the molecule is CCCN(Cc1nc(C)c(C)s1)CC1CCNCC1. The third-order valence-corrected chi connectivity index (χ3v) is 5.00. The molecule has 108 valence electrons. The van der Waals surface area contributed by atoms with Crippen molar-refractivity contribution < 1.29 is 0 Å². The quantitative estimate of drug-likeness (QED) is 0.869. The molecule has 1 N–H and O–H groups in total. The highest BCUT2D eigenvalue weighted by Gasteiger charge is 2.17. The molecule has 0 saturated carbocycles. The van der Waals surface area contributed by atoms with Crippen LogP contribution in [0.3, 0.4) is 0 Å². The topological polar surface area (TPSA) is 28.2 Å². The monoisotopic (exact) mass is 281 g/mol. The van der Waals surface area contributed by atoms with Gasteiger partial charge < -0.3 is 5.32 Å². The second kappa shape index (κ2) is 7.36. The molecule has 3 nitrogen and oxygen atoms in total. The highest BCUT2D eigenvalue weighted by atomic mass is 32.1. The second-order valence-corrected chi connectivity index (χ2v) is 6.97. The van der Waals surface area contributed by atoms with Crippen molar-refractivity contribution in [1.29, 1.82) is 0 Å². The number of rotatable bonds is 6. The van der Waals surface area contributed by atoms with Gasteiger partial charge in [-0.25, -0.2) is 4.98 Å². The van der Waals surface area contributed by atoms with E-state index >= 15 is 0 Å². The zero-order valence-corrected chi connectivity index (χ0v) is 13.4. The minimum absolute atomic E-state index is 0.870. The standard InChI is InChI=1S/C15H27N3S/c1-4-9-18(10-14-5-7-16-8-6-14)11-15-17-12(2)13(3)19-15/h14,16H,4-11H2,1-3H3. The van der Waals surface area contributed by atoms with Crippen LogP contribution in [0, 0.1) is 19.8 Å². The Bertz CT molecular complexity index is 363. The summed E-state index contributed by atoms with van der Waals surface area (Å²) in [5, 5.41) is 4.74. The van der Waals surface area contributed by atoms with Crippen molar-refractivity contribution in [2.45, 2.75) is 46.6 Å². The molecular weight excluding hydrogens is 254 g/mol. The van der Waals surface area contributed by atoms with Crippen LogP contribution in [-0.4, -0.2) is 36.1 Å². The number of thiazole rings is 1. The van der Waals surface area contributed by atoms with Crippen LogP contribution in [0.2, 0.25) is 0 Å². The van der Waals surface area contributed by atoms with Gasteiger partial charge in [0.05, 0.1) is 12.2 Å². The molecular formula is C15H27N3S. The van der Waals surface area contributed by atoms with E-state index in [1.807, 2.05) is 11.3 Å². The van der Waals surface area contributed by atoms with E-state index in [0.717, 1.165) is 12.5 Å². The summed E-state index contributed by atoms with van der Waals surface area (Å²) in [5.74, 6) is 0.870. The summed E-state index contributed by atoms with van der Waals surface area (Å²) < 4.78 is 0. The predicted octanol–water partition coefficient (Wildman–Crippen LogP) is 2.97. The van der Waals surface area contributed by atoms with Gasteiger partial charge in [-0.15, -0.1) is 11.3 Å². The van der Waals surface area contributed by atoms with Crippen molar-refractivity contribution in [3.63, 3.8) is 0 Å². The van der Waals surface area contributed by atoms with Crippen LogP contribution in [0.15, 0.2) is 0 Å². The summed E-state index contributed by atoms with van der Waals surface area (Å²) in [6.45, 7) is 12.4. The number of aryl methyl sites for hydroxylation is 2. The third kappa shape index (κ3) is 4.55. The zero-order valence-electron chi connectivity index (χ0n) is 12.5. The maximum absolute atomic E-state index is 4.69. The average molecular weight is 281 g/mol. The van der Waals surface area contributed by atoms with E-state index in [-0.39, 0.29) is 0 Å². The van der Waals surface area contributed by atoms with Crippen molar-refractivity contribution in [3.8, 4) is 0 Å². The van der Waals surface area contributed by atoms with E-state index in [0.29, 0.717) is 0 Å². The van der Waals surface area contributed by atoms with Crippen LogP contribution >= 0.6 is 11.3 Å². The van der Waals surface area contributed by atoms with Gasteiger partial charge in [0.1, 0.15) is 5.01 Å². The van der Waals surface area contributed by atoms with Crippen LogP contribution in [0.5, 0.6) is 0 Å². The van der Waals surface area contributed by atoms with Gasteiger partial charge in [-0.3, -0.25) is 4.90 Å². The lowest BCUT2D eigenvalue weighted by molar-refractivity contribution is 0.198. The Hall–Kier alpha value is -0.450. The number of nitrogens with zero attached hydrogens (tertiary/aromatic N) is 2. The molecule has 1 fully saturated rings. The number of nitrogens with one attached hydrogen (secondary N) is 1. The average Bonchev–Trinajstić information content (AvgIpc) is 2.70. The van der Waals surface area contributed by atoms with Crippen LogP contribution < -0.4 is 5.32 Å². The van der Waals surface area contributed by atoms with Gasteiger partial charge in [0, 0.05) is 11.4 Å². The minimum Gasteiger partial charge on any atom is -0.317 e. The minimum atomic E-state index is 0.870. The molecule has 1 aromatic rings. The Morgan fingerprint density at radius 2 is 2.05 bits per heavy atom. The fraction of sp³-hybridized carbons (Fsp3) is 0.800. The van der Waals surface area contributed by atoms with Gasteiger partial charge in [-0.2, -0.15) is 0 Å².